The Balaban J connectivity index is 0.000000242. The third-order valence-corrected chi connectivity index (χ3v) is 5.51. The molecule has 0 amide bonds. The molecule has 7 nitrogen and oxygen atoms in total. The first-order valence-electron chi connectivity index (χ1n) is 8.92. The largest absolute Gasteiger partial charge is 0.481 e. The average molecular weight is 356 g/mol. The number of hydrogen-bond donors (Lipinski definition) is 1. The van der Waals surface area contributed by atoms with Gasteiger partial charge in [-0.05, 0) is 33.1 Å². The number of carboxylic acid groups (broad SMARTS) is 1. The van der Waals surface area contributed by atoms with Crippen molar-refractivity contribution in [3.63, 3.8) is 0 Å². The van der Waals surface area contributed by atoms with E-state index >= 15 is 0 Å². The molecule has 1 N–H and O–H groups in total. The Hall–Kier alpha value is -1.63. The Morgan fingerprint density at radius 3 is 2.44 bits per heavy atom. The number of hydrogen-bond acceptors (Lipinski definition) is 6. The minimum absolute atomic E-state index is 0.123. The van der Waals surface area contributed by atoms with E-state index in [9.17, 15) is 14.4 Å². The van der Waals surface area contributed by atoms with Crippen LogP contribution < -0.4 is 0 Å². The Labute approximate surface area is 148 Å². The van der Waals surface area contributed by atoms with Gasteiger partial charge in [-0.2, -0.15) is 0 Å². The number of carbonyl (C=O) groups is 3. The van der Waals surface area contributed by atoms with Crippen molar-refractivity contribution in [3.05, 3.63) is 0 Å². The Morgan fingerprint density at radius 2 is 1.96 bits per heavy atom. The first-order chi connectivity index (χ1) is 11.6. The number of carboxylic acids is 1. The highest BCUT2D eigenvalue weighted by Crippen LogP contribution is 2.47. The smallest absolute Gasteiger partial charge is 0.312 e. The fourth-order valence-electron chi connectivity index (χ4n) is 2.95. The van der Waals surface area contributed by atoms with Crippen molar-refractivity contribution in [1.29, 1.82) is 0 Å². The minimum Gasteiger partial charge on any atom is -0.481 e. The van der Waals surface area contributed by atoms with Gasteiger partial charge in [-0.15, -0.1) is 0 Å². The normalized spacial score (nSPS) is 33.3. The van der Waals surface area contributed by atoms with Gasteiger partial charge in [0.1, 0.15) is 6.10 Å². The van der Waals surface area contributed by atoms with Crippen molar-refractivity contribution in [2.75, 3.05) is 0 Å². The summed E-state index contributed by atoms with van der Waals surface area (Å²) in [5.41, 5.74) is -0.542. The van der Waals surface area contributed by atoms with Gasteiger partial charge in [-0.25, -0.2) is 0 Å². The van der Waals surface area contributed by atoms with Crippen LogP contribution in [0.5, 0.6) is 0 Å². The molecule has 0 spiro atoms. The highest BCUT2D eigenvalue weighted by molar-refractivity contribution is 5.78. The molecule has 3 heterocycles. The molecule has 6 atom stereocenters. The molecule has 7 heteroatoms. The van der Waals surface area contributed by atoms with E-state index in [-0.39, 0.29) is 42.1 Å². The minimum atomic E-state index is -0.722. The van der Waals surface area contributed by atoms with Gasteiger partial charge in [-0.3, -0.25) is 14.4 Å². The molecule has 6 unspecified atom stereocenters. The van der Waals surface area contributed by atoms with Crippen LogP contribution in [0.25, 0.3) is 0 Å². The van der Waals surface area contributed by atoms with Gasteiger partial charge in [0, 0.05) is 0 Å². The summed E-state index contributed by atoms with van der Waals surface area (Å²) in [5, 5.41) is 8.44. The predicted octanol–water partition coefficient (Wildman–Crippen LogP) is 2.16. The van der Waals surface area contributed by atoms with Crippen molar-refractivity contribution >= 4 is 17.9 Å². The maximum Gasteiger partial charge on any atom is 0.312 e. The van der Waals surface area contributed by atoms with E-state index < -0.39 is 17.5 Å². The molecule has 0 aromatic rings. The topological polar surface area (TPSA) is 99.1 Å². The van der Waals surface area contributed by atoms with Crippen LogP contribution >= 0.6 is 0 Å². The molecule has 3 aliphatic heterocycles. The molecular formula is C18H28O7. The highest BCUT2D eigenvalue weighted by Gasteiger charge is 2.65. The van der Waals surface area contributed by atoms with Crippen molar-refractivity contribution in [1.82, 2.24) is 0 Å². The van der Waals surface area contributed by atoms with Gasteiger partial charge in [0.05, 0.1) is 23.4 Å². The van der Waals surface area contributed by atoms with Crippen LogP contribution in [0, 0.1) is 17.3 Å². The third kappa shape index (κ3) is 3.81. The fourth-order valence-corrected chi connectivity index (χ4v) is 2.95. The SMILES string of the molecule is CCC(C)(C)C(=O)O.CCC(C)C(=O)OC1C2CC3C(=O)OC1C3O2. The lowest BCUT2D eigenvalue weighted by molar-refractivity contribution is -0.164. The van der Waals surface area contributed by atoms with Gasteiger partial charge < -0.3 is 19.3 Å². The lowest BCUT2D eigenvalue weighted by atomic mass is 9.88. The quantitative estimate of drug-likeness (QED) is 0.754. The summed E-state index contributed by atoms with van der Waals surface area (Å²) in [5.74, 6) is -1.41. The molecule has 0 radical (unpaired) electrons. The summed E-state index contributed by atoms with van der Waals surface area (Å²) < 4.78 is 16.3. The lowest BCUT2D eigenvalue weighted by Crippen LogP contribution is -2.40. The van der Waals surface area contributed by atoms with Crippen LogP contribution in [0.1, 0.15) is 53.9 Å². The van der Waals surface area contributed by atoms with Gasteiger partial charge >= 0.3 is 17.9 Å². The molecule has 0 aliphatic carbocycles. The maximum absolute atomic E-state index is 11.7. The summed E-state index contributed by atoms with van der Waals surface area (Å²) >= 11 is 0. The van der Waals surface area contributed by atoms with Crippen LogP contribution in [-0.2, 0) is 28.6 Å². The monoisotopic (exact) mass is 356 g/mol. The molecule has 3 fully saturated rings. The van der Waals surface area contributed by atoms with Crippen molar-refractivity contribution in [2.24, 2.45) is 17.3 Å². The Kier molecular flexibility index (Phi) is 5.76. The van der Waals surface area contributed by atoms with Crippen LogP contribution in [0.3, 0.4) is 0 Å². The second-order valence-corrected chi connectivity index (χ2v) is 7.64. The van der Waals surface area contributed by atoms with Crippen molar-refractivity contribution < 1.29 is 33.7 Å². The van der Waals surface area contributed by atoms with Crippen molar-refractivity contribution in [3.8, 4) is 0 Å². The molecule has 25 heavy (non-hydrogen) atoms. The summed E-state index contributed by atoms with van der Waals surface area (Å²) in [7, 11) is 0. The van der Waals surface area contributed by atoms with Crippen molar-refractivity contribution in [2.45, 2.75) is 78.3 Å². The number of fused-ring (bicyclic) bond motifs is 1. The zero-order valence-electron chi connectivity index (χ0n) is 15.5. The molecule has 0 aromatic heterocycles. The van der Waals surface area contributed by atoms with Crippen LogP contribution in [0.15, 0.2) is 0 Å². The number of aliphatic carboxylic acids is 1. The number of ether oxygens (including phenoxy) is 3. The van der Waals surface area contributed by atoms with Gasteiger partial charge in [0.15, 0.2) is 12.2 Å². The molecule has 2 bridgehead atoms. The van der Waals surface area contributed by atoms with E-state index in [0.717, 1.165) is 6.42 Å². The second kappa shape index (κ2) is 7.32. The molecule has 142 valence electrons. The fraction of sp³-hybridized carbons (Fsp3) is 0.833. The molecule has 0 saturated carbocycles. The summed E-state index contributed by atoms with van der Waals surface area (Å²) in [6, 6.07) is 0. The van der Waals surface area contributed by atoms with Gasteiger partial charge in [0.2, 0.25) is 0 Å². The number of rotatable bonds is 5. The van der Waals surface area contributed by atoms with E-state index in [0.29, 0.717) is 12.8 Å². The molecular weight excluding hydrogens is 328 g/mol. The lowest BCUT2D eigenvalue weighted by Gasteiger charge is -2.23. The molecule has 3 aliphatic rings. The number of esters is 2. The Bertz CT molecular complexity index is 542. The average Bonchev–Trinajstić information content (AvgIpc) is 3.19. The van der Waals surface area contributed by atoms with Gasteiger partial charge in [-0.1, -0.05) is 20.8 Å². The standard InChI is InChI=1S/C12H16O5.C6H12O2/c1-3-5(2)11(13)16-9-7-4-6-8(15-7)10(9)17-12(6)14;1-4-6(2,3)5(7)8/h5-10H,3-4H2,1-2H3;4H2,1-3H3,(H,7,8). The maximum atomic E-state index is 11.7. The predicted molar refractivity (Wildman–Crippen MR) is 87.7 cm³/mol. The van der Waals surface area contributed by atoms with Crippen LogP contribution in [0.2, 0.25) is 0 Å². The van der Waals surface area contributed by atoms with E-state index in [4.69, 9.17) is 19.3 Å². The number of carbonyl (C=O) groups excluding carboxylic acids is 2. The van der Waals surface area contributed by atoms with Gasteiger partial charge in [0.25, 0.3) is 0 Å². The van der Waals surface area contributed by atoms with Crippen LogP contribution in [-0.4, -0.2) is 47.4 Å². The zero-order valence-corrected chi connectivity index (χ0v) is 15.5. The van der Waals surface area contributed by atoms with E-state index in [1.807, 2.05) is 20.8 Å². The first kappa shape index (κ1) is 19.7. The van der Waals surface area contributed by atoms with E-state index in [1.54, 1.807) is 13.8 Å². The van der Waals surface area contributed by atoms with E-state index in [2.05, 4.69) is 0 Å². The molecule has 3 saturated heterocycles. The first-order valence-corrected chi connectivity index (χ1v) is 8.92. The summed E-state index contributed by atoms with van der Waals surface area (Å²) in [6.45, 7) is 9.08. The molecule has 3 rings (SSSR count). The zero-order chi connectivity index (χ0) is 18.9. The second-order valence-electron chi connectivity index (χ2n) is 7.64. The summed E-state index contributed by atoms with van der Waals surface area (Å²) in [4.78, 5) is 33.5. The third-order valence-electron chi connectivity index (χ3n) is 5.51. The highest BCUT2D eigenvalue weighted by atomic mass is 16.7. The van der Waals surface area contributed by atoms with E-state index in [1.165, 1.54) is 0 Å². The van der Waals surface area contributed by atoms with Crippen LogP contribution in [0.4, 0.5) is 0 Å². The molecule has 0 aromatic carbocycles. The Morgan fingerprint density at radius 1 is 1.32 bits per heavy atom. The summed E-state index contributed by atoms with van der Waals surface area (Å²) in [6.07, 6.45) is 0.925.